The van der Waals surface area contributed by atoms with Gasteiger partial charge in [-0.05, 0) is 25.7 Å². The summed E-state index contributed by atoms with van der Waals surface area (Å²) in [6.45, 7) is 6.24. The summed E-state index contributed by atoms with van der Waals surface area (Å²) < 4.78 is 2.04. The van der Waals surface area contributed by atoms with Crippen LogP contribution in [0.5, 0.6) is 0 Å². The molecule has 0 radical (unpaired) electrons. The maximum absolute atomic E-state index is 9.06. The summed E-state index contributed by atoms with van der Waals surface area (Å²) in [7, 11) is 0. The number of aromatic nitrogens is 3. The van der Waals surface area contributed by atoms with Crippen molar-refractivity contribution in [2.75, 3.05) is 12.3 Å². The number of nitrogens with zero attached hydrogens (tertiary/aromatic N) is 3. The van der Waals surface area contributed by atoms with Gasteiger partial charge < -0.3 is 10.8 Å². The summed E-state index contributed by atoms with van der Waals surface area (Å²) in [5.74, 6) is 2.46. The van der Waals surface area contributed by atoms with Crippen LogP contribution in [0.3, 0.4) is 0 Å². The topological polar surface area (TPSA) is 76.4 Å². The van der Waals surface area contributed by atoms with Crippen molar-refractivity contribution in [2.45, 2.75) is 39.5 Å². The lowest BCUT2D eigenvalue weighted by molar-refractivity contribution is 0.138. The number of imidazole rings is 1. The molecule has 0 amide bonds. The van der Waals surface area contributed by atoms with Gasteiger partial charge in [-0.2, -0.15) is 0 Å². The third-order valence-corrected chi connectivity index (χ3v) is 3.64. The summed E-state index contributed by atoms with van der Waals surface area (Å²) in [5, 5.41) is 9.06. The van der Waals surface area contributed by atoms with Crippen molar-refractivity contribution >= 4 is 11.3 Å². The largest absolute Gasteiger partial charge is 0.396 e. The molecular weight excluding hydrogens is 240 g/mol. The zero-order chi connectivity index (χ0) is 14.0. The van der Waals surface area contributed by atoms with E-state index >= 15 is 0 Å². The Labute approximate surface area is 113 Å². The number of rotatable bonds is 2. The van der Waals surface area contributed by atoms with E-state index in [0.717, 1.165) is 29.9 Å². The van der Waals surface area contributed by atoms with Crippen LogP contribution in [0.2, 0.25) is 0 Å². The lowest BCUT2D eigenvalue weighted by Gasteiger charge is -2.32. The van der Waals surface area contributed by atoms with Gasteiger partial charge in [-0.25, -0.2) is 9.97 Å². The van der Waals surface area contributed by atoms with E-state index in [9.17, 15) is 0 Å². The van der Waals surface area contributed by atoms with Crippen LogP contribution in [0.15, 0.2) is 12.4 Å². The molecule has 5 nitrogen and oxygen atoms in total. The summed E-state index contributed by atoms with van der Waals surface area (Å²) in [6, 6.07) is 0. The van der Waals surface area contributed by atoms with Gasteiger partial charge in [0.15, 0.2) is 0 Å². The molecular formula is C14H22N4O. The Kier molecular flexibility index (Phi) is 4.04. The highest BCUT2D eigenvalue weighted by Crippen LogP contribution is 2.41. The molecule has 2 aromatic rings. The van der Waals surface area contributed by atoms with E-state index in [2.05, 4.69) is 9.97 Å². The second-order valence-corrected chi connectivity index (χ2v) is 4.80. The molecule has 0 atom stereocenters. The molecule has 0 aromatic carbocycles. The highest BCUT2D eigenvalue weighted by atomic mass is 16.3. The number of aliphatic hydroxyl groups excluding tert-OH is 1. The molecule has 0 aliphatic heterocycles. The maximum atomic E-state index is 9.06. The van der Waals surface area contributed by atoms with Gasteiger partial charge in [-0.15, -0.1) is 0 Å². The van der Waals surface area contributed by atoms with E-state index in [-0.39, 0.29) is 6.61 Å². The minimum absolute atomic E-state index is 0.280. The van der Waals surface area contributed by atoms with Crippen molar-refractivity contribution in [2.24, 2.45) is 5.92 Å². The predicted molar refractivity (Wildman–Crippen MR) is 76.0 cm³/mol. The average Bonchev–Trinajstić information content (AvgIpc) is 2.70. The lowest BCUT2D eigenvalue weighted by Crippen LogP contribution is -2.26. The van der Waals surface area contributed by atoms with Gasteiger partial charge in [0.25, 0.3) is 0 Å². The molecule has 0 saturated heterocycles. The van der Waals surface area contributed by atoms with Crippen LogP contribution in [0.1, 0.15) is 44.1 Å². The molecule has 2 heterocycles. The smallest absolute Gasteiger partial charge is 0.149 e. The molecule has 1 saturated carbocycles. The molecule has 1 aliphatic rings. The van der Waals surface area contributed by atoms with E-state index < -0.39 is 0 Å². The molecule has 0 bridgehead atoms. The van der Waals surface area contributed by atoms with Crippen molar-refractivity contribution < 1.29 is 5.11 Å². The Bertz CT molecular complexity index is 558. The highest BCUT2D eigenvalue weighted by Gasteiger charge is 2.33. The Hall–Kier alpha value is -1.62. The number of aryl methyl sites for hydroxylation is 1. The first kappa shape index (κ1) is 13.8. The van der Waals surface area contributed by atoms with Gasteiger partial charge in [-0.3, -0.25) is 4.40 Å². The Balaban J connectivity index is 0.000000637. The fraction of sp³-hybridized carbons (Fsp3) is 0.571. The van der Waals surface area contributed by atoms with Crippen LogP contribution >= 0.6 is 0 Å². The molecule has 0 unspecified atom stereocenters. The Morgan fingerprint density at radius 2 is 2.11 bits per heavy atom. The van der Waals surface area contributed by atoms with Crippen LogP contribution in [0.4, 0.5) is 5.82 Å². The van der Waals surface area contributed by atoms with E-state index in [1.165, 1.54) is 0 Å². The van der Waals surface area contributed by atoms with Gasteiger partial charge >= 0.3 is 0 Å². The van der Waals surface area contributed by atoms with Gasteiger partial charge in [0.2, 0.25) is 0 Å². The molecule has 3 rings (SSSR count). The fourth-order valence-corrected chi connectivity index (χ4v) is 2.65. The second kappa shape index (κ2) is 5.57. The summed E-state index contributed by atoms with van der Waals surface area (Å²) >= 11 is 0. The van der Waals surface area contributed by atoms with E-state index in [4.69, 9.17) is 10.8 Å². The van der Waals surface area contributed by atoms with E-state index in [1.807, 2.05) is 31.4 Å². The minimum atomic E-state index is 0.280. The van der Waals surface area contributed by atoms with Crippen molar-refractivity contribution in [3.63, 3.8) is 0 Å². The summed E-state index contributed by atoms with van der Waals surface area (Å²) in [4.78, 5) is 8.70. The van der Waals surface area contributed by atoms with Gasteiger partial charge in [-0.1, -0.05) is 13.8 Å². The first-order valence-corrected chi connectivity index (χ1v) is 6.90. The van der Waals surface area contributed by atoms with Gasteiger partial charge in [0, 0.05) is 24.9 Å². The second-order valence-electron chi connectivity index (χ2n) is 4.80. The van der Waals surface area contributed by atoms with Crippen LogP contribution in [-0.4, -0.2) is 26.1 Å². The molecule has 2 aromatic heterocycles. The van der Waals surface area contributed by atoms with Gasteiger partial charge in [0.05, 0.1) is 5.69 Å². The summed E-state index contributed by atoms with van der Waals surface area (Å²) in [6.07, 6.45) is 5.64. The predicted octanol–water partition coefficient (Wildman–Crippen LogP) is 2.13. The molecule has 19 heavy (non-hydrogen) atoms. The number of anilines is 1. The molecule has 1 aliphatic carbocycles. The Morgan fingerprint density at radius 3 is 2.74 bits per heavy atom. The number of nitrogens with two attached hydrogens (primary N) is 1. The van der Waals surface area contributed by atoms with Crippen molar-refractivity contribution in [1.82, 2.24) is 14.4 Å². The SMILES string of the molecule is CC.Cc1nc(C2CC(CO)C2)n2ccnc(N)c12. The van der Waals surface area contributed by atoms with Crippen LogP contribution in [0, 0.1) is 12.8 Å². The van der Waals surface area contributed by atoms with E-state index in [0.29, 0.717) is 17.7 Å². The highest BCUT2D eigenvalue weighted by molar-refractivity contribution is 5.68. The number of hydrogen-bond acceptors (Lipinski definition) is 4. The number of aliphatic hydroxyl groups is 1. The first-order valence-electron chi connectivity index (χ1n) is 6.90. The van der Waals surface area contributed by atoms with Crippen LogP contribution < -0.4 is 5.73 Å². The van der Waals surface area contributed by atoms with Crippen molar-refractivity contribution in [1.29, 1.82) is 0 Å². The quantitative estimate of drug-likeness (QED) is 0.869. The zero-order valence-electron chi connectivity index (χ0n) is 11.8. The number of hydrogen-bond donors (Lipinski definition) is 2. The molecule has 5 heteroatoms. The molecule has 1 fully saturated rings. The average molecular weight is 262 g/mol. The standard InChI is InChI=1S/C12H16N4O.C2H6/c1-7-10-11(13)14-2-3-16(10)12(15-7)9-4-8(5-9)6-17;1-2/h2-3,8-9,17H,4-6H2,1H3,(H2,13,14);1-2H3. The number of fused-ring (bicyclic) bond motifs is 1. The molecule has 104 valence electrons. The third kappa shape index (κ3) is 2.30. The van der Waals surface area contributed by atoms with Crippen molar-refractivity contribution in [3.05, 3.63) is 23.9 Å². The zero-order valence-corrected chi connectivity index (χ0v) is 11.8. The fourth-order valence-electron chi connectivity index (χ4n) is 2.65. The molecule has 0 spiro atoms. The van der Waals surface area contributed by atoms with E-state index in [1.54, 1.807) is 6.20 Å². The Morgan fingerprint density at radius 1 is 1.42 bits per heavy atom. The number of nitrogen functional groups attached to an aromatic ring is 1. The van der Waals surface area contributed by atoms with Crippen LogP contribution in [0.25, 0.3) is 5.52 Å². The van der Waals surface area contributed by atoms with Gasteiger partial charge in [0.1, 0.15) is 17.2 Å². The maximum Gasteiger partial charge on any atom is 0.149 e. The van der Waals surface area contributed by atoms with Crippen molar-refractivity contribution in [3.8, 4) is 0 Å². The molecule has 3 N–H and O–H groups in total. The summed E-state index contributed by atoms with van der Waals surface area (Å²) in [5.41, 5.74) is 7.71. The third-order valence-electron chi connectivity index (χ3n) is 3.64. The lowest BCUT2D eigenvalue weighted by atomic mass is 9.75. The van der Waals surface area contributed by atoms with Crippen LogP contribution in [-0.2, 0) is 0 Å². The monoisotopic (exact) mass is 262 g/mol. The normalized spacial score (nSPS) is 21.7. The first-order chi connectivity index (χ1) is 9.20. The minimum Gasteiger partial charge on any atom is -0.396 e.